The molecule has 1 aromatic carbocycles. The van der Waals surface area contributed by atoms with Gasteiger partial charge in [-0.15, -0.1) is 0 Å². The second-order valence-electron chi connectivity index (χ2n) is 6.34. The average Bonchev–Trinajstić information content (AvgIpc) is 2.58. The molecule has 1 nitrogen and oxygen atoms in total. The van der Waals surface area contributed by atoms with E-state index in [0.717, 1.165) is 18.1 Å². The first kappa shape index (κ1) is 13.9. The molecule has 18 heavy (non-hydrogen) atoms. The Morgan fingerprint density at radius 3 is 2.67 bits per heavy atom. The van der Waals surface area contributed by atoms with E-state index < -0.39 is 0 Å². The Morgan fingerprint density at radius 1 is 1.28 bits per heavy atom. The van der Waals surface area contributed by atoms with Crippen LogP contribution in [-0.4, -0.2) is 5.60 Å². The van der Waals surface area contributed by atoms with Gasteiger partial charge < -0.3 is 4.74 Å². The number of halogens is 1. The number of fused-ring (bicyclic) bond motifs is 1. The van der Waals surface area contributed by atoms with Crippen LogP contribution in [0.1, 0.15) is 56.5 Å². The van der Waals surface area contributed by atoms with E-state index in [2.05, 4.69) is 61.8 Å². The molecule has 0 N–H and O–H groups in total. The molecule has 1 aromatic rings. The van der Waals surface area contributed by atoms with Crippen LogP contribution in [0.4, 0.5) is 0 Å². The van der Waals surface area contributed by atoms with Gasteiger partial charge in [-0.1, -0.05) is 41.9 Å². The van der Waals surface area contributed by atoms with Gasteiger partial charge in [0.1, 0.15) is 11.4 Å². The minimum atomic E-state index is -0.0410. The van der Waals surface area contributed by atoms with Gasteiger partial charge in [0.25, 0.3) is 0 Å². The minimum Gasteiger partial charge on any atom is -0.487 e. The zero-order valence-electron chi connectivity index (χ0n) is 11.8. The van der Waals surface area contributed by atoms with Crippen LogP contribution in [0.2, 0.25) is 0 Å². The van der Waals surface area contributed by atoms with Crippen molar-refractivity contribution in [1.82, 2.24) is 0 Å². The van der Waals surface area contributed by atoms with Crippen molar-refractivity contribution in [1.29, 1.82) is 0 Å². The van der Waals surface area contributed by atoms with Gasteiger partial charge in [0.15, 0.2) is 0 Å². The molecule has 0 radical (unpaired) electrons. The number of alkyl halides is 1. The lowest BCUT2D eigenvalue weighted by Gasteiger charge is -2.16. The Bertz CT molecular complexity index is 423. The lowest BCUT2D eigenvalue weighted by molar-refractivity contribution is 0.138. The maximum absolute atomic E-state index is 5.91. The Labute approximate surface area is 119 Å². The van der Waals surface area contributed by atoms with Crippen molar-refractivity contribution in [2.75, 3.05) is 0 Å². The van der Waals surface area contributed by atoms with Crippen LogP contribution < -0.4 is 4.74 Å². The first-order valence-electron chi connectivity index (χ1n) is 6.83. The van der Waals surface area contributed by atoms with E-state index in [1.165, 1.54) is 24.0 Å². The summed E-state index contributed by atoms with van der Waals surface area (Å²) in [4.78, 5) is 0.467. The van der Waals surface area contributed by atoms with Gasteiger partial charge in [-0.05, 0) is 49.8 Å². The summed E-state index contributed by atoms with van der Waals surface area (Å²) in [5.74, 6) is 1.83. The van der Waals surface area contributed by atoms with Gasteiger partial charge in [0.2, 0.25) is 0 Å². The van der Waals surface area contributed by atoms with Crippen LogP contribution >= 0.6 is 15.9 Å². The van der Waals surface area contributed by atoms with E-state index >= 15 is 0 Å². The van der Waals surface area contributed by atoms with Gasteiger partial charge in [-0.2, -0.15) is 0 Å². The summed E-state index contributed by atoms with van der Waals surface area (Å²) in [6.07, 6.45) is 3.47. The smallest absolute Gasteiger partial charge is 0.123 e. The van der Waals surface area contributed by atoms with E-state index in [1.54, 1.807) is 0 Å². The summed E-state index contributed by atoms with van der Waals surface area (Å²) in [7, 11) is 0. The molecule has 1 unspecified atom stereocenters. The summed E-state index contributed by atoms with van der Waals surface area (Å²) < 4.78 is 5.91. The summed E-state index contributed by atoms with van der Waals surface area (Å²) >= 11 is 3.81. The second kappa shape index (κ2) is 5.24. The molecule has 0 saturated heterocycles. The quantitative estimate of drug-likeness (QED) is 0.688. The van der Waals surface area contributed by atoms with Crippen LogP contribution in [0.25, 0.3) is 0 Å². The maximum atomic E-state index is 5.91. The zero-order valence-corrected chi connectivity index (χ0v) is 13.4. The normalized spacial score (nSPS) is 18.6. The van der Waals surface area contributed by atoms with Crippen molar-refractivity contribution >= 4 is 15.9 Å². The fourth-order valence-electron chi connectivity index (χ4n) is 2.47. The number of rotatable bonds is 4. The summed E-state index contributed by atoms with van der Waals surface area (Å²) in [6, 6.07) is 6.63. The van der Waals surface area contributed by atoms with E-state index in [-0.39, 0.29) is 5.60 Å². The van der Waals surface area contributed by atoms with E-state index in [9.17, 15) is 0 Å². The highest BCUT2D eigenvalue weighted by Crippen LogP contribution is 2.38. The summed E-state index contributed by atoms with van der Waals surface area (Å²) in [5.41, 5.74) is 2.70. The molecule has 0 bridgehead atoms. The lowest BCUT2D eigenvalue weighted by atomic mass is 9.97. The third kappa shape index (κ3) is 3.28. The molecule has 2 rings (SSSR count). The fraction of sp³-hybridized carbons (Fsp3) is 0.625. The molecule has 0 aromatic heterocycles. The Hall–Kier alpha value is -0.500. The van der Waals surface area contributed by atoms with E-state index in [4.69, 9.17) is 4.74 Å². The summed E-state index contributed by atoms with van der Waals surface area (Å²) in [6.45, 7) is 8.85. The highest BCUT2D eigenvalue weighted by molar-refractivity contribution is 9.09. The van der Waals surface area contributed by atoms with Crippen LogP contribution in [0.5, 0.6) is 5.75 Å². The molecule has 0 amide bonds. The van der Waals surface area contributed by atoms with Gasteiger partial charge in [0, 0.05) is 11.2 Å². The first-order chi connectivity index (χ1) is 8.37. The Morgan fingerprint density at radius 2 is 2.00 bits per heavy atom. The molecule has 0 saturated carbocycles. The van der Waals surface area contributed by atoms with Crippen molar-refractivity contribution in [3.63, 3.8) is 0 Å². The zero-order chi connectivity index (χ0) is 13.3. The number of ether oxygens (including phenoxy) is 1. The number of hydrogen-bond acceptors (Lipinski definition) is 1. The molecule has 1 heterocycles. The highest BCUT2D eigenvalue weighted by atomic mass is 79.9. The molecule has 1 atom stereocenters. The standard InChI is InChI=1S/C16H23BrO/c1-11(2)5-7-14(17)12-6-8-15-13(9-12)10-16(3,4)18-15/h6,8-9,11,14H,5,7,10H2,1-4H3. The predicted molar refractivity (Wildman–Crippen MR) is 80.6 cm³/mol. The molecule has 0 aliphatic carbocycles. The van der Waals surface area contributed by atoms with Gasteiger partial charge in [-0.25, -0.2) is 0 Å². The second-order valence-corrected chi connectivity index (χ2v) is 7.45. The highest BCUT2D eigenvalue weighted by Gasteiger charge is 2.30. The van der Waals surface area contributed by atoms with Crippen molar-refractivity contribution in [2.45, 2.75) is 57.4 Å². The monoisotopic (exact) mass is 310 g/mol. The SMILES string of the molecule is CC(C)CCC(Br)c1ccc2c(c1)CC(C)(C)O2. The minimum absolute atomic E-state index is 0.0410. The molecule has 1 aliphatic rings. The average molecular weight is 311 g/mol. The Kier molecular flexibility index (Phi) is 4.05. The Balaban J connectivity index is 2.08. The largest absolute Gasteiger partial charge is 0.487 e. The van der Waals surface area contributed by atoms with Crippen molar-refractivity contribution < 1.29 is 4.74 Å². The predicted octanol–water partition coefficient (Wildman–Crippen LogP) is 5.27. The molecule has 1 aliphatic heterocycles. The van der Waals surface area contributed by atoms with Crippen LogP contribution in [-0.2, 0) is 6.42 Å². The molecular formula is C16H23BrO. The molecule has 0 spiro atoms. The topological polar surface area (TPSA) is 9.23 Å². The lowest BCUT2D eigenvalue weighted by Crippen LogP contribution is -2.24. The third-order valence-corrected chi connectivity index (χ3v) is 4.43. The number of hydrogen-bond donors (Lipinski definition) is 0. The third-order valence-electron chi connectivity index (χ3n) is 3.45. The number of benzene rings is 1. The van der Waals surface area contributed by atoms with Gasteiger partial charge >= 0.3 is 0 Å². The van der Waals surface area contributed by atoms with Crippen LogP contribution in [0, 0.1) is 5.92 Å². The van der Waals surface area contributed by atoms with Crippen LogP contribution in [0.15, 0.2) is 18.2 Å². The van der Waals surface area contributed by atoms with Crippen LogP contribution in [0.3, 0.4) is 0 Å². The van der Waals surface area contributed by atoms with Gasteiger partial charge in [-0.3, -0.25) is 0 Å². The first-order valence-corrected chi connectivity index (χ1v) is 7.75. The van der Waals surface area contributed by atoms with Crippen molar-refractivity contribution in [3.8, 4) is 5.75 Å². The molecule has 0 fully saturated rings. The maximum Gasteiger partial charge on any atom is 0.123 e. The van der Waals surface area contributed by atoms with E-state index in [0.29, 0.717) is 4.83 Å². The fourth-order valence-corrected chi connectivity index (χ4v) is 3.02. The summed E-state index contributed by atoms with van der Waals surface area (Å²) in [5, 5.41) is 0. The van der Waals surface area contributed by atoms with Crippen molar-refractivity contribution in [2.24, 2.45) is 5.92 Å². The van der Waals surface area contributed by atoms with Crippen molar-refractivity contribution in [3.05, 3.63) is 29.3 Å². The molecule has 2 heteroatoms. The van der Waals surface area contributed by atoms with Gasteiger partial charge in [0.05, 0.1) is 0 Å². The molecular weight excluding hydrogens is 288 g/mol. The molecule has 100 valence electrons. The van der Waals surface area contributed by atoms with E-state index in [1.807, 2.05) is 0 Å².